The molecule has 0 saturated carbocycles. The Morgan fingerprint density at radius 1 is 1.15 bits per heavy atom. The first-order valence-electron chi connectivity index (χ1n) is 6.06. The van der Waals surface area contributed by atoms with Crippen LogP contribution in [0.1, 0.15) is 19.4 Å². The number of aryl methyl sites for hydroxylation is 1. The molecule has 0 aliphatic carbocycles. The van der Waals surface area contributed by atoms with Gasteiger partial charge in [-0.15, -0.1) is 4.98 Å². The maximum absolute atomic E-state index is 5.62. The molecule has 0 atom stereocenters. The predicted octanol–water partition coefficient (Wildman–Crippen LogP) is 3.10. The Bertz CT molecular complexity index is 619. The van der Waals surface area contributed by atoms with Crippen molar-refractivity contribution in [2.45, 2.75) is 26.9 Å². The molecule has 0 fully saturated rings. The van der Waals surface area contributed by atoms with Crippen molar-refractivity contribution in [2.24, 2.45) is 0 Å². The second-order valence-corrected chi connectivity index (χ2v) is 5.32. The SMILES string of the molecule is Cc1ccc(Oc2nc(N)nc(OC(C)C)n2)c(Br)c1. The maximum Gasteiger partial charge on any atom is 0.330 e. The van der Waals surface area contributed by atoms with Crippen molar-refractivity contribution in [3.8, 4) is 17.8 Å². The molecule has 0 amide bonds. The predicted molar refractivity (Wildman–Crippen MR) is 79.0 cm³/mol. The van der Waals surface area contributed by atoms with E-state index < -0.39 is 0 Å². The number of anilines is 1. The van der Waals surface area contributed by atoms with Crippen LogP contribution in [0.4, 0.5) is 5.95 Å². The number of hydrogen-bond donors (Lipinski definition) is 1. The summed E-state index contributed by atoms with van der Waals surface area (Å²) < 4.78 is 11.8. The Morgan fingerprint density at radius 2 is 1.85 bits per heavy atom. The highest BCUT2D eigenvalue weighted by Crippen LogP contribution is 2.29. The average Bonchev–Trinajstić information content (AvgIpc) is 2.31. The van der Waals surface area contributed by atoms with Gasteiger partial charge in [-0.05, 0) is 54.4 Å². The van der Waals surface area contributed by atoms with E-state index in [1.807, 2.05) is 39.0 Å². The van der Waals surface area contributed by atoms with Crippen LogP contribution in [0, 0.1) is 6.92 Å². The highest BCUT2D eigenvalue weighted by atomic mass is 79.9. The van der Waals surface area contributed by atoms with Crippen molar-refractivity contribution in [3.05, 3.63) is 28.2 Å². The number of ether oxygens (including phenoxy) is 2. The number of halogens is 1. The van der Waals surface area contributed by atoms with Crippen LogP contribution in [0.2, 0.25) is 0 Å². The van der Waals surface area contributed by atoms with Gasteiger partial charge in [0.1, 0.15) is 5.75 Å². The van der Waals surface area contributed by atoms with Crippen LogP contribution in [-0.4, -0.2) is 21.1 Å². The second-order valence-electron chi connectivity index (χ2n) is 4.46. The van der Waals surface area contributed by atoms with Gasteiger partial charge in [0.2, 0.25) is 5.95 Å². The molecule has 0 aliphatic heterocycles. The fourth-order valence-electron chi connectivity index (χ4n) is 1.45. The molecular formula is C13H15BrN4O2. The van der Waals surface area contributed by atoms with Gasteiger partial charge in [0.05, 0.1) is 10.6 Å². The molecule has 1 aromatic heterocycles. The number of nitrogen functional groups attached to an aromatic ring is 1. The zero-order chi connectivity index (χ0) is 14.7. The molecule has 1 aromatic carbocycles. The third kappa shape index (κ3) is 3.80. The third-order valence-corrected chi connectivity index (χ3v) is 2.86. The minimum absolute atomic E-state index is 0.0499. The van der Waals surface area contributed by atoms with Gasteiger partial charge in [-0.1, -0.05) is 6.07 Å². The molecule has 1 heterocycles. The second kappa shape index (κ2) is 6.04. The van der Waals surface area contributed by atoms with E-state index in [0.717, 1.165) is 10.0 Å². The third-order valence-electron chi connectivity index (χ3n) is 2.24. The molecular weight excluding hydrogens is 324 g/mol. The average molecular weight is 339 g/mol. The summed E-state index contributed by atoms with van der Waals surface area (Å²) in [5.74, 6) is 0.644. The van der Waals surface area contributed by atoms with Gasteiger partial charge in [-0.2, -0.15) is 9.97 Å². The Balaban J connectivity index is 2.26. The van der Waals surface area contributed by atoms with E-state index in [0.29, 0.717) is 5.75 Å². The maximum atomic E-state index is 5.62. The van der Waals surface area contributed by atoms with Crippen LogP contribution in [0.25, 0.3) is 0 Å². The normalized spacial score (nSPS) is 10.7. The van der Waals surface area contributed by atoms with Gasteiger partial charge in [0.25, 0.3) is 0 Å². The largest absolute Gasteiger partial charge is 0.461 e. The summed E-state index contributed by atoms with van der Waals surface area (Å²) in [4.78, 5) is 11.9. The van der Waals surface area contributed by atoms with Crippen LogP contribution in [0.3, 0.4) is 0 Å². The summed E-state index contributed by atoms with van der Waals surface area (Å²) in [7, 11) is 0. The standard InChI is InChI=1S/C13H15BrN4O2/c1-7(2)19-12-16-11(15)17-13(18-12)20-10-5-4-8(3)6-9(10)14/h4-7H,1-3H3,(H2,15,16,17,18). The number of hydrogen-bond acceptors (Lipinski definition) is 6. The van der Waals surface area contributed by atoms with E-state index in [2.05, 4.69) is 30.9 Å². The Morgan fingerprint density at radius 3 is 2.50 bits per heavy atom. The van der Waals surface area contributed by atoms with Gasteiger partial charge in [0, 0.05) is 0 Å². The van der Waals surface area contributed by atoms with Gasteiger partial charge >= 0.3 is 12.0 Å². The number of nitrogens with two attached hydrogens (primary N) is 1. The van der Waals surface area contributed by atoms with Crippen LogP contribution < -0.4 is 15.2 Å². The fourth-order valence-corrected chi connectivity index (χ4v) is 2.02. The highest BCUT2D eigenvalue weighted by Gasteiger charge is 2.10. The topological polar surface area (TPSA) is 83.2 Å². The monoisotopic (exact) mass is 338 g/mol. The summed E-state index contributed by atoms with van der Waals surface area (Å²) in [6, 6.07) is 5.92. The van der Waals surface area contributed by atoms with E-state index >= 15 is 0 Å². The molecule has 0 aliphatic rings. The molecule has 2 rings (SSSR count). The molecule has 0 unspecified atom stereocenters. The lowest BCUT2D eigenvalue weighted by molar-refractivity contribution is 0.219. The van der Waals surface area contributed by atoms with E-state index in [4.69, 9.17) is 15.2 Å². The summed E-state index contributed by atoms with van der Waals surface area (Å²) in [6.45, 7) is 5.73. The zero-order valence-corrected chi connectivity index (χ0v) is 13.0. The van der Waals surface area contributed by atoms with Crippen LogP contribution in [-0.2, 0) is 0 Å². The van der Waals surface area contributed by atoms with Crippen molar-refractivity contribution in [1.29, 1.82) is 0 Å². The molecule has 2 N–H and O–H groups in total. The van der Waals surface area contributed by atoms with E-state index in [1.54, 1.807) is 0 Å². The quantitative estimate of drug-likeness (QED) is 0.922. The molecule has 0 spiro atoms. The van der Waals surface area contributed by atoms with Gasteiger partial charge in [0.15, 0.2) is 0 Å². The van der Waals surface area contributed by atoms with Crippen LogP contribution in [0.15, 0.2) is 22.7 Å². The molecule has 7 heteroatoms. The number of aromatic nitrogens is 3. The molecule has 2 aromatic rings. The lowest BCUT2D eigenvalue weighted by Gasteiger charge is -2.10. The summed E-state index contributed by atoms with van der Waals surface area (Å²) in [5.41, 5.74) is 6.73. The molecule has 6 nitrogen and oxygen atoms in total. The van der Waals surface area contributed by atoms with Gasteiger partial charge in [-0.3, -0.25) is 0 Å². The molecule has 106 valence electrons. The first-order chi connectivity index (χ1) is 9.44. The van der Waals surface area contributed by atoms with Crippen molar-refractivity contribution in [2.75, 3.05) is 5.73 Å². The van der Waals surface area contributed by atoms with Crippen molar-refractivity contribution < 1.29 is 9.47 Å². The summed E-state index contributed by atoms with van der Waals surface area (Å²) in [6.07, 6.45) is -0.0595. The number of benzene rings is 1. The number of rotatable bonds is 4. The van der Waals surface area contributed by atoms with Crippen LogP contribution >= 0.6 is 15.9 Å². The first-order valence-corrected chi connectivity index (χ1v) is 6.85. The molecule has 20 heavy (non-hydrogen) atoms. The van der Waals surface area contributed by atoms with E-state index in [-0.39, 0.29) is 24.1 Å². The highest BCUT2D eigenvalue weighted by molar-refractivity contribution is 9.10. The Labute approximate surface area is 125 Å². The van der Waals surface area contributed by atoms with Gasteiger partial charge in [-0.25, -0.2) is 0 Å². The fraction of sp³-hybridized carbons (Fsp3) is 0.308. The minimum Gasteiger partial charge on any atom is -0.461 e. The minimum atomic E-state index is -0.0595. The zero-order valence-electron chi connectivity index (χ0n) is 11.4. The lowest BCUT2D eigenvalue weighted by Crippen LogP contribution is -2.11. The van der Waals surface area contributed by atoms with Crippen molar-refractivity contribution >= 4 is 21.9 Å². The van der Waals surface area contributed by atoms with Crippen molar-refractivity contribution in [3.63, 3.8) is 0 Å². The first kappa shape index (κ1) is 14.5. The summed E-state index contributed by atoms with van der Waals surface area (Å²) >= 11 is 3.42. The van der Waals surface area contributed by atoms with E-state index in [1.165, 1.54) is 0 Å². The van der Waals surface area contributed by atoms with E-state index in [9.17, 15) is 0 Å². The number of nitrogens with zero attached hydrogens (tertiary/aromatic N) is 3. The van der Waals surface area contributed by atoms with Crippen molar-refractivity contribution in [1.82, 2.24) is 15.0 Å². The molecule has 0 bridgehead atoms. The smallest absolute Gasteiger partial charge is 0.330 e. The van der Waals surface area contributed by atoms with Gasteiger partial charge < -0.3 is 15.2 Å². The Kier molecular flexibility index (Phi) is 4.39. The summed E-state index contributed by atoms with van der Waals surface area (Å²) in [5, 5.41) is 0. The lowest BCUT2D eigenvalue weighted by atomic mass is 10.2. The molecule has 0 saturated heterocycles. The Hall–Kier alpha value is -1.89. The van der Waals surface area contributed by atoms with Crippen LogP contribution in [0.5, 0.6) is 17.8 Å². The molecule has 0 radical (unpaired) electrons.